The molecule has 0 fully saturated rings. The molecule has 1 heterocycles. The highest BCUT2D eigenvalue weighted by Crippen LogP contribution is 2.32. The average molecular weight is 396 g/mol. The lowest BCUT2D eigenvalue weighted by Gasteiger charge is -2.10. The van der Waals surface area contributed by atoms with Gasteiger partial charge in [-0.25, -0.2) is 18.2 Å². The first-order valence-electron chi connectivity index (χ1n) is 7.28. The minimum absolute atomic E-state index is 0.0256. The number of aromatic hydroxyl groups is 1. The molecule has 0 aliphatic carbocycles. The van der Waals surface area contributed by atoms with Gasteiger partial charge in [-0.1, -0.05) is 11.6 Å². The molecule has 2 N–H and O–H groups in total. The molecule has 0 radical (unpaired) electrons. The third kappa shape index (κ3) is 4.09. The van der Waals surface area contributed by atoms with Gasteiger partial charge in [0.2, 0.25) is 5.88 Å². The van der Waals surface area contributed by atoms with E-state index in [1.54, 1.807) is 0 Å². The third-order valence-electron chi connectivity index (χ3n) is 3.30. The topological polar surface area (TPSA) is 84.3 Å². The van der Waals surface area contributed by atoms with Crippen molar-refractivity contribution in [3.63, 3.8) is 0 Å². The molecular weight excluding hydrogens is 387 g/mol. The Kier molecular flexibility index (Phi) is 5.13. The summed E-state index contributed by atoms with van der Waals surface area (Å²) >= 11 is 6.08. The van der Waals surface area contributed by atoms with Gasteiger partial charge in [-0.2, -0.15) is 4.98 Å². The summed E-state index contributed by atoms with van der Waals surface area (Å²) in [4.78, 5) is 19.7. The molecule has 0 spiro atoms. The number of amides is 1. The lowest BCUT2D eigenvalue weighted by molar-refractivity contribution is 0.102. The molecule has 3 aromatic rings. The number of benzene rings is 2. The Hall–Kier alpha value is -3.33. The van der Waals surface area contributed by atoms with Crippen LogP contribution >= 0.6 is 11.6 Å². The molecule has 0 aliphatic heterocycles. The Labute approximate surface area is 155 Å². The number of hydrogen-bond donors (Lipinski definition) is 2. The normalized spacial score (nSPS) is 10.5. The largest absolute Gasteiger partial charge is 0.508 e. The standard InChI is InChI=1S/C17H9ClF3N3O3/c18-14-15(24-16(26)10-5-12(20)13(21)6-11(10)19)22-7-23-17(14)27-9-3-1-8(25)2-4-9/h1-7,25H,(H,22,23,24,26). The van der Waals surface area contributed by atoms with E-state index in [0.717, 1.165) is 6.33 Å². The van der Waals surface area contributed by atoms with Crippen molar-refractivity contribution in [2.45, 2.75) is 0 Å². The van der Waals surface area contributed by atoms with Crippen LogP contribution in [0.5, 0.6) is 17.4 Å². The first kappa shape index (κ1) is 18.5. The number of hydrogen-bond acceptors (Lipinski definition) is 5. The number of carbonyl (C=O) groups is 1. The van der Waals surface area contributed by atoms with Crippen molar-refractivity contribution in [3.8, 4) is 17.4 Å². The van der Waals surface area contributed by atoms with Crippen LogP contribution in [0, 0.1) is 17.5 Å². The Morgan fingerprint density at radius 2 is 1.70 bits per heavy atom. The van der Waals surface area contributed by atoms with Crippen LogP contribution in [0.3, 0.4) is 0 Å². The molecule has 1 aromatic heterocycles. The van der Waals surface area contributed by atoms with E-state index in [1.807, 2.05) is 0 Å². The van der Waals surface area contributed by atoms with Crippen LogP contribution in [0.25, 0.3) is 0 Å². The zero-order valence-electron chi connectivity index (χ0n) is 13.2. The van der Waals surface area contributed by atoms with Crippen LogP contribution in [0.4, 0.5) is 19.0 Å². The van der Waals surface area contributed by atoms with Crippen molar-refractivity contribution in [3.05, 3.63) is 70.8 Å². The predicted molar refractivity (Wildman–Crippen MR) is 89.5 cm³/mol. The second kappa shape index (κ2) is 7.50. The summed E-state index contributed by atoms with van der Waals surface area (Å²) in [6, 6.07) is 6.32. The molecule has 10 heteroatoms. The average Bonchev–Trinajstić information content (AvgIpc) is 2.63. The molecule has 138 valence electrons. The fourth-order valence-corrected chi connectivity index (χ4v) is 2.19. The van der Waals surface area contributed by atoms with Crippen molar-refractivity contribution in [2.75, 3.05) is 5.32 Å². The number of carbonyl (C=O) groups excluding carboxylic acids is 1. The first-order chi connectivity index (χ1) is 12.8. The molecule has 3 rings (SSSR count). The van der Waals surface area contributed by atoms with Gasteiger partial charge >= 0.3 is 0 Å². The fourth-order valence-electron chi connectivity index (χ4n) is 2.01. The van der Waals surface area contributed by atoms with E-state index in [0.29, 0.717) is 6.07 Å². The number of anilines is 1. The number of phenolic OH excluding ortho intramolecular Hbond substituents is 1. The summed E-state index contributed by atoms with van der Waals surface area (Å²) in [5.74, 6) is -5.19. The second-order valence-electron chi connectivity index (χ2n) is 5.14. The van der Waals surface area contributed by atoms with Gasteiger partial charge in [0.25, 0.3) is 5.91 Å². The van der Waals surface area contributed by atoms with Crippen LogP contribution in [-0.2, 0) is 0 Å². The highest BCUT2D eigenvalue weighted by atomic mass is 35.5. The van der Waals surface area contributed by atoms with Crippen LogP contribution in [0.2, 0.25) is 5.02 Å². The van der Waals surface area contributed by atoms with Gasteiger partial charge in [0, 0.05) is 6.07 Å². The summed E-state index contributed by atoms with van der Waals surface area (Å²) in [6.45, 7) is 0. The summed E-state index contributed by atoms with van der Waals surface area (Å²) < 4.78 is 45.4. The van der Waals surface area contributed by atoms with Crippen molar-refractivity contribution in [1.29, 1.82) is 0 Å². The molecule has 6 nitrogen and oxygen atoms in total. The monoisotopic (exact) mass is 395 g/mol. The molecule has 2 aromatic carbocycles. The maximum absolute atomic E-state index is 13.7. The second-order valence-corrected chi connectivity index (χ2v) is 5.52. The minimum Gasteiger partial charge on any atom is -0.508 e. The van der Waals surface area contributed by atoms with Crippen molar-refractivity contribution < 1.29 is 27.8 Å². The summed E-state index contributed by atoms with van der Waals surface area (Å²) in [7, 11) is 0. The van der Waals surface area contributed by atoms with Crippen LogP contribution < -0.4 is 10.1 Å². The highest BCUT2D eigenvalue weighted by molar-refractivity contribution is 6.34. The van der Waals surface area contributed by atoms with Gasteiger partial charge in [-0.3, -0.25) is 4.79 Å². The van der Waals surface area contributed by atoms with E-state index < -0.39 is 28.9 Å². The number of phenols is 1. The zero-order valence-corrected chi connectivity index (χ0v) is 14.0. The molecule has 0 unspecified atom stereocenters. The van der Waals surface area contributed by atoms with Gasteiger partial charge in [0.15, 0.2) is 17.5 Å². The smallest absolute Gasteiger partial charge is 0.259 e. The van der Waals surface area contributed by atoms with E-state index in [9.17, 15) is 23.1 Å². The van der Waals surface area contributed by atoms with Crippen LogP contribution in [0.1, 0.15) is 10.4 Å². The zero-order chi connectivity index (χ0) is 19.6. The third-order valence-corrected chi connectivity index (χ3v) is 3.64. The SMILES string of the molecule is O=C(Nc1ncnc(Oc2ccc(O)cc2)c1Cl)c1cc(F)c(F)cc1F. The Bertz CT molecular complexity index is 1020. The summed E-state index contributed by atoms with van der Waals surface area (Å²) in [5, 5.41) is 11.2. The maximum atomic E-state index is 13.7. The van der Waals surface area contributed by atoms with E-state index in [4.69, 9.17) is 16.3 Å². The van der Waals surface area contributed by atoms with Gasteiger partial charge in [0.05, 0.1) is 5.56 Å². The molecule has 0 saturated carbocycles. The maximum Gasteiger partial charge on any atom is 0.259 e. The lowest BCUT2D eigenvalue weighted by atomic mass is 10.2. The van der Waals surface area contributed by atoms with E-state index in [2.05, 4.69) is 15.3 Å². The molecular formula is C17H9ClF3N3O3. The van der Waals surface area contributed by atoms with Crippen molar-refractivity contribution >= 4 is 23.3 Å². The Morgan fingerprint density at radius 3 is 2.41 bits per heavy atom. The fraction of sp³-hybridized carbons (Fsp3) is 0. The lowest BCUT2D eigenvalue weighted by Crippen LogP contribution is -2.16. The number of aromatic nitrogens is 2. The van der Waals surface area contributed by atoms with Crippen LogP contribution in [0.15, 0.2) is 42.7 Å². The summed E-state index contributed by atoms with van der Waals surface area (Å²) in [5.41, 5.74) is -0.732. The molecule has 0 bridgehead atoms. The van der Waals surface area contributed by atoms with E-state index in [-0.39, 0.29) is 34.3 Å². The number of ether oxygens (including phenoxy) is 1. The minimum atomic E-state index is -1.42. The van der Waals surface area contributed by atoms with Crippen LogP contribution in [-0.4, -0.2) is 21.0 Å². The first-order valence-corrected chi connectivity index (χ1v) is 7.66. The van der Waals surface area contributed by atoms with E-state index >= 15 is 0 Å². The quantitative estimate of drug-likeness (QED) is 0.643. The predicted octanol–water partition coefficient (Wildman–Crippen LogP) is 4.30. The Balaban J connectivity index is 1.84. The molecule has 1 amide bonds. The van der Waals surface area contributed by atoms with Crippen molar-refractivity contribution in [1.82, 2.24) is 9.97 Å². The van der Waals surface area contributed by atoms with Crippen molar-refractivity contribution in [2.24, 2.45) is 0 Å². The van der Waals surface area contributed by atoms with Gasteiger partial charge in [-0.15, -0.1) is 0 Å². The van der Waals surface area contributed by atoms with Gasteiger partial charge in [-0.05, 0) is 30.3 Å². The van der Waals surface area contributed by atoms with E-state index in [1.165, 1.54) is 24.3 Å². The summed E-state index contributed by atoms with van der Waals surface area (Å²) in [6.07, 6.45) is 1.03. The van der Waals surface area contributed by atoms with Gasteiger partial charge < -0.3 is 15.2 Å². The molecule has 0 aliphatic rings. The molecule has 0 atom stereocenters. The number of nitrogens with zero attached hydrogens (tertiary/aromatic N) is 2. The number of rotatable bonds is 4. The highest BCUT2D eigenvalue weighted by Gasteiger charge is 2.19. The molecule has 0 saturated heterocycles. The Morgan fingerprint density at radius 1 is 1.04 bits per heavy atom. The molecule has 27 heavy (non-hydrogen) atoms. The van der Waals surface area contributed by atoms with Gasteiger partial charge in [0.1, 0.15) is 28.7 Å². The number of halogens is 4. The number of nitrogens with one attached hydrogen (secondary N) is 1.